The number of hydrogen-bond acceptors (Lipinski definition) is 5. The second-order valence-corrected chi connectivity index (χ2v) is 4.72. The Kier molecular flexibility index (Phi) is 6.32. The summed E-state index contributed by atoms with van der Waals surface area (Å²) in [4.78, 5) is 23.6. The topological polar surface area (TPSA) is 61.8 Å². The van der Waals surface area contributed by atoms with Gasteiger partial charge in [0.2, 0.25) is 0 Å². The van der Waals surface area contributed by atoms with E-state index in [0.29, 0.717) is 23.5 Å². The van der Waals surface area contributed by atoms with E-state index in [1.165, 1.54) is 7.11 Å². The molecule has 5 nitrogen and oxygen atoms in total. The second kappa shape index (κ2) is 8.70. The van der Waals surface area contributed by atoms with Crippen molar-refractivity contribution in [2.75, 3.05) is 26.9 Å². The highest BCUT2D eigenvalue weighted by Crippen LogP contribution is 2.15. The van der Waals surface area contributed by atoms with E-state index in [9.17, 15) is 9.59 Å². The number of carbonyl (C=O) groups excluding carboxylic acids is 2. The highest BCUT2D eigenvalue weighted by Gasteiger charge is 2.09. The summed E-state index contributed by atoms with van der Waals surface area (Å²) in [6, 6.07) is 15.7. The molecule has 0 saturated carbocycles. The van der Waals surface area contributed by atoms with E-state index in [2.05, 4.69) is 0 Å². The zero-order valence-corrected chi connectivity index (χ0v) is 12.9. The monoisotopic (exact) mass is 314 g/mol. The fourth-order valence-corrected chi connectivity index (χ4v) is 1.88. The van der Waals surface area contributed by atoms with Gasteiger partial charge in [0.25, 0.3) is 0 Å². The third kappa shape index (κ3) is 5.23. The van der Waals surface area contributed by atoms with Crippen LogP contribution in [-0.4, -0.2) is 38.7 Å². The Balaban J connectivity index is 1.87. The molecule has 0 unspecified atom stereocenters. The van der Waals surface area contributed by atoms with Crippen LogP contribution in [0.1, 0.15) is 15.9 Å². The highest BCUT2D eigenvalue weighted by molar-refractivity contribution is 6.08. The summed E-state index contributed by atoms with van der Waals surface area (Å²) in [5, 5.41) is 0. The Morgan fingerprint density at radius 3 is 2.17 bits per heavy atom. The minimum absolute atomic E-state index is 0.0591. The highest BCUT2D eigenvalue weighted by atomic mass is 16.6. The third-order valence-corrected chi connectivity index (χ3v) is 3.06. The van der Waals surface area contributed by atoms with E-state index in [-0.39, 0.29) is 19.0 Å². The summed E-state index contributed by atoms with van der Waals surface area (Å²) in [5.41, 5.74) is 1.19. The number of rotatable bonds is 8. The quantitative estimate of drug-likeness (QED) is 0.425. The Hall–Kier alpha value is -2.66. The zero-order chi connectivity index (χ0) is 16.5. The normalized spacial score (nSPS) is 10.1. The van der Waals surface area contributed by atoms with E-state index in [1.807, 2.05) is 18.2 Å². The summed E-state index contributed by atoms with van der Waals surface area (Å²) in [5.74, 6) is -0.0269. The lowest BCUT2D eigenvalue weighted by Gasteiger charge is -2.07. The van der Waals surface area contributed by atoms with Crippen molar-refractivity contribution in [2.24, 2.45) is 0 Å². The number of carbonyl (C=O) groups is 2. The van der Waals surface area contributed by atoms with E-state index < -0.39 is 5.97 Å². The van der Waals surface area contributed by atoms with Crippen LogP contribution in [0, 0.1) is 0 Å². The maximum Gasteiger partial charge on any atom is 0.344 e. The average Bonchev–Trinajstić information content (AvgIpc) is 2.61. The summed E-state index contributed by atoms with van der Waals surface area (Å²) >= 11 is 0. The van der Waals surface area contributed by atoms with E-state index in [1.54, 1.807) is 36.4 Å². The Bertz CT molecular complexity index is 634. The molecule has 0 radical (unpaired) electrons. The SMILES string of the molecule is COCCOC(=O)COc1ccc(C(=O)c2ccccc2)cc1. The molecular weight excluding hydrogens is 296 g/mol. The molecule has 0 saturated heterocycles. The van der Waals surface area contributed by atoms with Gasteiger partial charge >= 0.3 is 5.97 Å². The fourth-order valence-electron chi connectivity index (χ4n) is 1.88. The van der Waals surface area contributed by atoms with Crippen molar-refractivity contribution in [2.45, 2.75) is 0 Å². The molecule has 0 aliphatic rings. The average molecular weight is 314 g/mol. The number of methoxy groups -OCH3 is 1. The summed E-state index contributed by atoms with van der Waals surface area (Å²) < 4.78 is 15.0. The molecule has 0 bridgehead atoms. The van der Waals surface area contributed by atoms with Crippen LogP contribution >= 0.6 is 0 Å². The number of ketones is 1. The first-order chi connectivity index (χ1) is 11.2. The Labute approximate surface area is 134 Å². The molecule has 120 valence electrons. The predicted octanol–water partition coefficient (Wildman–Crippen LogP) is 2.49. The summed E-state index contributed by atoms with van der Waals surface area (Å²) in [6.45, 7) is 0.362. The fraction of sp³-hybridized carbons (Fsp3) is 0.222. The molecule has 0 aromatic heterocycles. The van der Waals surface area contributed by atoms with Gasteiger partial charge < -0.3 is 14.2 Å². The molecule has 0 atom stereocenters. The zero-order valence-electron chi connectivity index (χ0n) is 12.9. The van der Waals surface area contributed by atoms with Gasteiger partial charge in [0, 0.05) is 18.2 Å². The van der Waals surface area contributed by atoms with E-state index in [4.69, 9.17) is 14.2 Å². The largest absolute Gasteiger partial charge is 0.482 e. The molecule has 23 heavy (non-hydrogen) atoms. The first kappa shape index (κ1) is 16.7. The molecule has 2 rings (SSSR count). The number of hydrogen-bond donors (Lipinski definition) is 0. The van der Waals surface area contributed by atoms with Gasteiger partial charge in [-0.25, -0.2) is 4.79 Å². The van der Waals surface area contributed by atoms with E-state index in [0.717, 1.165) is 0 Å². The van der Waals surface area contributed by atoms with Gasteiger partial charge in [0.1, 0.15) is 12.4 Å². The third-order valence-electron chi connectivity index (χ3n) is 3.06. The summed E-state index contributed by atoms with van der Waals surface area (Å²) in [6.07, 6.45) is 0. The van der Waals surface area contributed by atoms with Crippen LogP contribution in [0.4, 0.5) is 0 Å². The number of esters is 1. The van der Waals surface area contributed by atoms with Gasteiger partial charge in [-0.3, -0.25) is 4.79 Å². The maximum absolute atomic E-state index is 12.2. The number of ether oxygens (including phenoxy) is 3. The van der Waals surface area contributed by atoms with Crippen molar-refractivity contribution < 1.29 is 23.8 Å². The first-order valence-corrected chi connectivity index (χ1v) is 7.18. The van der Waals surface area contributed by atoms with Crippen molar-refractivity contribution in [1.82, 2.24) is 0 Å². The standard InChI is InChI=1S/C18H18O5/c1-21-11-12-22-17(19)13-23-16-9-7-15(8-10-16)18(20)14-5-3-2-4-6-14/h2-10H,11-13H2,1H3. The van der Waals surface area contributed by atoms with Crippen molar-refractivity contribution in [1.29, 1.82) is 0 Å². The molecule has 5 heteroatoms. The molecule has 0 heterocycles. The van der Waals surface area contributed by atoms with Crippen LogP contribution in [0.25, 0.3) is 0 Å². The van der Waals surface area contributed by atoms with Gasteiger partial charge in [-0.15, -0.1) is 0 Å². The van der Waals surface area contributed by atoms with Gasteiger partial charge in [0.15, 0.2) is 12.4 Å². The lowest BCUT2D eigenvalue weighted by atomic mass is 10.0. The molecule has 0 aliphatic heterocycles. The maximum atomic E-state index is 12.2. The van der Waals surface area contributed by atoms with Crippen molar-refractivity contribution in [3.8, 4) is 5.75 Å². The first-order valence-electron chi connectivity index (χ1n) is 7.18. The molecule has 0 spiro atoms. The molecule has 2 aromatic carbocycles. The predicted molar refractivity (Wildman–Crippen MR) is 84.6 cm³/mol. The molecule has 0 amide bonds. The van der Waals surface area contributed by atoms with Crippen molar-refractivity contribution in [3.63, 3.8) is 0 Å². The molecule has 0 fully saturated rings. The van der Waals surface area contributed by atoms with Crippen LogP contribution in [-0.2, 0) is 14.3 Å². The van der Waals surface area contributed by atoms with Crippen LogP contribution in [0.15, 0.2) is 54.6 Å². The Morgan fingerprint density at radius 2 is 1.52 bits per heavy atom. The summed E-state index contributed by atoms with van der Waals surface area (Å²) in [7, 11) is 1.53. The van der Waals surface area contributed by atoms with Gasteiger partial charge in [0.05, 0.1) is 6.61 Å². The smallest absolute Gasteiger partial charge is 0.344 e. The number of benzene rings is 2. The van der Waals surface area contributed by atoms with Gasteiger partial charge in [-0.1, -0.05) is 30.3 Å². The van der Waals surface area contributed by atoms with Crippen LogP contribution < -0.4 is 4.74 Å². The molecular formula is C18H18O5. The molecule has 0 N–H and O–H groups in total. The van der Waals surface area contributed by atoms with Crippen LogP contribution in [0.3, 0.4) is 0 Å². The van der Waals surface area contributed by atoms with Crippen LogP contribution in [0.5, 0.6) is 5.75 Å². The second-order valence-electron chi connectivity index (χ2n) is 4.72. The van der Waals surface area contributed by atoms with Crippen molar-refractivity contribution in [3.05, 3.63) is 65.7 Å². The van der Waals surface area contributed by atoms with Gasteiger partial charge in [-0.2, -0.15) is 0 Å². The minimum atomic E-state index is -0.466. The van der Waals surface area contributed by atoms with Crippen molar-refractivity contribution >= 4 is 11.8 Å². The minimum Gasteiger partial charge on any atom is -0.482 e. The molecule has 0 aliphatic carbocycles. The Morgan fingerprint density at radius 1 is 0.870 bits per heavy atom. The van der Waals surface area contributed by atoms with Gasteiger partial charge in [-0.05, 0) is 24.3 Å². The van der Waals surface area contributed by atoms with Crippen LogP contribution in [0.2, 0.25) is 0 Å². The molecule has 2 aromatic rings. The lowest BCUT2D eigenvalue weighted by molar-refractivity contribution is -0.147. The lowest BCUT2D eigenvalue weighted by Crippen LogP contribution is -2.17. The van der Waals surface area contributed by atoms with E-state index >= 15 is 0 Å².